The van der Waals surface area contributed by atoms with Gasteiger partial charge in [0.25, 0.3) is 11.8 Å². The van der Waals surface area contributed by atoms with Crippen molar-refractivity contribution < 1.29 is 23.9 Å². The van der Waals surface area contributed by atoms with Crippen LogP contribution in [0, 0.1) is 5.82 Å². The first kappa shape index (κ1) is 23.7. The lowest BCUT2D eigenvalue weighted by atomic mass is 9.94. The fourth-order valence-electron chi connectivity index (χ4n) is 4.10. The largest absolute Gasteiger partial charge is 0.467 e. The molecule has 2 aromatic rings. The van der Waals surface area contributed by atoms with Gasteiger partial charge in [0, 0.05) is 45.6 Å². The molecule has 170 valence electrons. The number of ether oxygens (including phenoxy) is 1. The highest BCUT2D eigenvalue weighted by molar-refractivity contribution is 5.99. The first-order valence-corrected chi connectivity index (χ1v) is 10.1. The van der Waals surface area contributed by atoms with Gasteiger partial charge in [-0.25, -0.2) is 9.87 Å². The lowest BCUT2D eigenvalue weighted by Gasteiger charge is -2.49. The van der Waals surface area contributed by atoms with E-state index in [4.69, 9.17) is 9.94 Å². The van der Waals surface area contributed by atoms with Crippen LogP contribution in [0.1, 0.15) is 34.3 Å². The van der Waals surface area contributed by atoms with Crippen molar-refractivity contribution >= 4 is 30.3 Å². The van der Waals surface area contributed by atoms with Crippen molar-refractivity contribution in [1.82, 2.24) is 15.3 Å². The van der Waals surface area contributed by atoms with Gasteiger partial charge < -0.3 is 9.64 Å². The molecule has 2 aromatic carbocycles. The molecule has 9 heteroatoms. The normalized spacial score (nSPS) is 17.6. The summed E-state index contributed by atoms with van der Waals surface area (Å²) in [6.45, 7) is 2.23. The Hall–Kier alpha value is -2.94. The van der Waals surface area contributed by atoms with E-state index in [0.717, 1.165) is 25.2 Å². The molecule has 2 heterocycles. The number of likely N-dealkylation sites (tertiary alicyclic amines) is 1. The summed E-state index contributed by atoms with van der Waals surface area (Å²) < 4.78 is 19.5. The molecular weight excluding hydrogens is 437 g/mol. The minimum atomic E-state index is -0.697. The Labute approximate surface area is 191 Å². The molecule has 0 radical (unpaired) electrons. The summed E-state index contributed by atoms with van der Waals surface area (Å²) in [6.07, 6.45) is 4.01. The van der Waals surface area contributed by atoms with Crippen molar-refractivity contribution in [2.24, 2.45) is 0 Å². The molecule has 0 saturated carbocycles. The van der Waals surface area contributed by atoms with E-state index in [-0.39, 0.29) is 24.1 Å². The molecule has 2 aliphatic heterocycles. The smallest absolute Gasteiger partial charge is 0.267 e. The van der Waals surface area contributed by atoms with Gasteiger partial charge in [0.2, 0.25) is 0 Å². The minimum absolute atomic E-state index is 0. The average molecular weight is 462 g/mol. The number of nitrogens with zero attached hydrogens (tertiary/aromatic N) is 2. The molecular formula is C23H25ClFN3O4. The number of hydrogen-bond acceptors (Lipinski definition) is 5. The number of nitrogens with one attached hydrogen (secondary N) is 1. The van der Waals surface area contributed by atoms with Gasteiger partial charge in [-0.2, -0.15) is 0 Å². The topological polar surface area (TPSA) is 82.1 Å². The van der Waals surface area contributed by atoms with E-state index in [1.807, 2.05) is 0 Å². The van der Waals surface area contributed by atoms with E-state index in [2.05, 4.69) is 4.90 Å². The first-order valence-electron chi connectivity index (χ1n) is 10.1. The number of amides is 2. The molecule has 2 N–H and O–H groups in total. The Balaban J connectivity index is 0.00000289. The van der Waals surface area contributed by atoms with Crippen LogP contribution in [0.4, 0.5) is 4.39 Å². The summed E-state index contributed by atoms with van der Waals surface area (Å²) in [4.78, 5) is 28.2. The highest BCUT2D eigenvalue weighted by atomic mass is 35.5. The van der Waals surface area contributed by atoms with Gasteiger partial charge >= 0.3 is 0 Å². The molecule has 2 amide bonds. The van der Waals surface area contributed by atoms with E-state index >= 15 is 0 Å². The fourth-order valence-corrected chi connectivity index (χ4v) is 4.10. The van der Waals surface area contributed by atoms with Gasteiger partial charge in [-0.05, 0) is 41.5 Å². The molecule has 32 heavy (non-hydrogen) atoms. The zero-order chi connectivity index (χ0) is 22.0. The Kier molecular flexibility index (Phi) is 7.18. The summed E-state index contributed by atoms with van der Waals surface area (Å²) in [6, 6.07) is 11.7. The van der Waals surface area contributed by atoms with Crippen LogP contribution in [0.25, 0.3) is 6.08 Å². The van der Waals surface area contributed by atoms with Gasteiger partial charge in [0.1, 0.15) is 11.6 Å². The lowest BCUT2D eigenvalue weighted by molar-refractivity contribution is -0.124. The second-order valence-electron chi connectivity index (χ2n) is 7.88. The monoisotopic (exact) mass is 461 g/mol. The first-order chi connectivity index (χ1) is 14.9. The van der Waals surface area contributed by atoms with Gasteiger partial charge in [0.15, 0.2) is 5.72 Å². The number of benzene rings is 2. The van der Waals surface area contributed by atoms with Crippen LogP contribution in [-0.2, 0) is 11.3 Å². The van der Waals surface area contributed by atoms with E-state index in [0.29, 0.717) is 29.7 Å². The molecule has 1 saturated heterocycles. The lowest BCUT2D eigenvalue weighted by Crippen LogP contribution is -2.61. The van der Waals surface area contributed by atoms with Gasteiger partial charge in [-0.15, -0.1) is 12.4 Å². The van der Waals surface area contributed by atoms with Crippen LogP contribution in [0.3, 0.4) is 0 Å². The molecule has 0 atom stereocenters. The maximum atomic E-state index is 13.1. The van der Waals surface area contributed by atoms with E-state index in [1.54, 1.807) is 42.3 Å². The van der Waals surface area contributed by atoms with Gasteiger partial charge in [-0.1, -0.05) is 18.2 Å². The SMILES string of the molecule is CN1C(=O)c2cc(C=CC(=O)NO)ccc2OC12CCN(Cc1ccc(F)cc1)CC2.Cl. The molecule has 4 rings (SSSR count). The third-order valence-corrected chi connectivity index (χ3v) is 5.94. The number of hydroxylamine groups is 1. The summed E-state index contributed by atoms with van der Waals surface area (Å²) >= 11 is 0. The van der Waals surface area contributed by atoms with Crippen molar-refractivity contribution in [2.45, 2.75) is 25.1 Å². The number of carbonyl (C=O) groups excluding carboxylic acids is 2. The molecule has 7 nitrogen and oxygen atoms in total. The van der Waals surface area contributed by atoms with Crippen molar-refractivity contribution in [3.05, 3.63) is 71.0 Å². The van der Waals surface area contributed by atoms with E-state index in [1.165, 1.54) is 29.8 Å². The van der Waals surface area contributed by atoms with Crippen molar-refractivity contribution in [3.8, 4) is 5.75 Å². The van der Waals surface area contributed by atoms with Crippen molar-refractivity contribution in [3.63, 3.8) is 0 Å². The zero-order valence-electron chi connectivity index (χ0n) is 17.6. The number of carbonyl (C=O) groups is 2. The number of rotatable bonds is 4. The van der Waals surface area contributed by atoms with Crippen LogP contribution < -0.4 is 10.2 Å². The molecule has 0 aliphatic carbocycles. The average Bonchev–Trinajstić information content (AvgIpc) is 2.79. The molecule has 0 aromatic heterocycles. The van der Waals surface area contributed by atoms with Crippen molar-refractivity contribution in [1.29, 1.82) is 0 Å². The Morgan fingerprint density at radius 3 is 2.56 bits per heavy atom. The summed E-state index contributed by atoms with van der Waals surface area (Å²) in [5.74, 6) is -0.497. The maximum absolute atomic E-state index is 13.1. The van der Waals surface area contributed by atoms with Gasteiger partial charge in [-0.3, -0.25) is 19.7 Å². The maximum Gasteiger partial charge on any atom is 0.267 e. The molecule has 0 unspecified atom stereocenters. The Morgan fingerprint density at radius 2 is 1.91 bits per heavy atom. The zero-order valence-corrected chi connectivity index (χ0v) is 18.4. The second-order valence-corrected chi connectivity index (χ2v) is 7.88. The fraction of sp³-hybridized carbons (Fsp3) is 0.304. The molecule has 0 bridgehead atoms. The van der Waals surface area contributed by atoms with Crippen molar-refractivity contribution in [2.75, 3.05) is 20.1 Å². The van der Waals surface area contributed by atoms with Crippen LogP contribution in [-0.4, -0.2) is 52.7 Å². The number of fused-ring (bicyclic) bond motifs is 1. The third kappa shape index (κ3) is 4.77. The standard InChI is InChI=1S/C23H24FN3O4.ClH/c1-26-22(29)19-14-16(5-9-21(28)25-30)4-8-20(19)31-23(26)10-12-27(13-11-23)15-17-2-6-18(24)7-3-17;/h2-9,14,30H,10-13,15H2,1H3,(H,25,28);1H. The summed E-state index contributed by atoms with van der Waals surface area (Å²) in [5.41, 5.74) is 2.97. The highest BCUT2D eigenvalue weighted by Gasteiger charge is 2.46. The predicted octanol–water partition coefficient (Wildman–Crippen LogP) is 3.22. The van der Waals surface area contributed by atoms with Crippen LogP contribution in [0.5, 0.6) is 5.75 Å². The molecule has 1 spiro atoms. The summed E-state index contributed by atoms with van der Waals surface area (Å²) in [7, 11) is 1.75. The second kappa shape index (κ2) is 9.68. The summed E-state index contributed by atoms with van der Waals surface area (Å²) in [5, 5.41) is 8.58. The Bertz CT molecular complexity index is 1020. The molecule has 2 aliphatic rings. The molecule has 1 fully saturated rings. The Morgan fingerprint density at radius 1 is 1.22 bits per heavy atom. The number of piperidine rings is 1. The minimum Gasteiger partial charge on any atom is -0.467 e. The number of halogens is 2. The van der Waals surface area contributed by atoms with Crippen LogP contribution >= 0.6 is 12.4 Å². The number of hydrogen-bond donors (Lipinski definition) is 2. The predicted molar refractivity (Wildman–Crippen MR) is 119 cm³/mol. The quantitative estimate of drug-likeness (QED) is 0.415. The van der Waals surface area contributed by atoms with E-state index in [9.17, 15) is 14.0 Å². The third-order valence-electron chi connectivity index (χ3n) is 5.94. The highest BCUT2D eigenvalue weighted by Crippen LogP contribution is 2.39. The van der Waals surface area contributed by atoms with Crippen LogP contribution in [0.15, 0.2) is 48.5 Å². The van der Waals surface area contributed by atoms with Crippen LogP contribution in [0.2, 0.25) is 0 Å². The van der Waals surface area contributed by atoms with Gasteiger partial charge in [0.05, 0.1) is 5.56 Å². The van der Waals surface area contributed by atoms with E-state index < -0.39 is 11.6 Å².